The number of nitrogens with zero attached hydrogens (tertiary/aromatic N) is 3. The topological polar surface area (TPSA) is 88.9 Å². The summed E-state index contributed by atoms with van der Waals surface area (Å²) in [6, 6.07) is 19.0. The maximum atomic E-state index is 12.4. The van der Waals surface area contributed by atoms with Gasteiger partial charge in [0.1, 0.15) is 5.82 Å². The second-order valence-electron chi connectivity index (χ2n) is 6.52. The molecule has 1 unspecified atom stereocenters. The molecule has 0 aliphatic heterocycles. The number of aryl methyl sites for hydroxylation is 1. The highest BCUT2D eigenvalue weighted by Gasteiger charge is 2.21. The molecule has 0 saturated carbocycles. The smallest absolute Gasteiger partial charge is 0.321 e. The van der Waals surface area contributed by atoms with Gasteiger partial charge in [-0.2, -0.15) is 0 Å². The summed E-state index contributed by atoms with van der Waals surface area (Å²) in [5, 5.41) is 13.5. The summed E-state index contributed by atoms with van der Waals surface area (Å²) >= 11 is 1.27. The van der Waals surface area contributed by atoms with Crippen LogP contribution in [0.4, 0.5) is 4.79 Å². The van der Waals surface area contributed by atoms with Crippen molar-refractivity contribution in [2.24, 2.45) is 0 Å². The summed E-state index contributed by atoms with van der Waals surface area (Å²) in [5.41, 5.74) is 2.08. The Kier molecular flexibility index (Phi) is 7.02. The van der Waals surface area contributed by atoms with E-state index in [2.05, 4.69) is 20.8 Å². The first-order chi connectivity index (χ1) is 14.0. The Bertz CT molecular complexity index is 960. The van der Waals surface area contributed by atoms with Crippen molar-refractivity contribution in [2.45, 2.75) is 37.3 Å². The molecule has 2 N–H and O–H groups in total. The standard InChI is InChI=1S/C21H23N5O2S/c1-15(19(27)23-20(28)22-13-17-9-5-3-6-10-17)29-21-25-24-16(2)26(21)14-18-11-7-4-8-12-18/h3-12,15H,13-14H2,1-2H3,(H2,22,23,27,28). The van der Waals surface area contributed by atoms with Gasteiger partial charge in [0.2, 0.25) is 5.91 Å². The highest BCUT2D eigenvalue weighted by atomic mass is 32.2. The van der Waals surface area contributed by atoms with Crippen LogP contribution in [-0.4, -0.2) is 32.0 Å². The Labute approximate surface area is 173 Å². The molecule has 8 heteroatoms. The Morgan fingerprint density at radius 3 is 2.28 bits per heavy atom. The summed E-state index contributed by atoms with van der Waals surface area (Å²) < 4.78 is 1.96. The quantitative estimate of drug-likeness (QED) is 0.585. The fourth-order valence-electron chi connectivity index (χ4n) is 2.64. The number of hydrogen-bond acceptors (Lipinski definition) is 5. The molecule has 2 aromatic carbocycles. The van der Waals surface area contributed by atoms with E-state index in [9.17, 15) is 9.59 Å². The number of amides is 3. The van der Waals surface area contributed by atoms with Gasteiger partial charge >= 0.3 is 6.03 Å². The number of carbonyl (C=O) groups is 2. The average Bonchev–Trinajstić information content (AvgIpc) is 3.07. The average molecular weight is 410 g/mol. The van der Waals surface area contributed by atoms with Gasteiger partial charge in [-0.3, -0.25) is 10.1 Å². The second-order valence-corrected chi connectivity index (χ2v) is 7.83. The lowest BCUT2D eigenvalue weighted by Crippen LogP contribution is -2.42. The molecule has 3 aromatic rings. The molecule has 3 amide bonds. The molecule has 0 fully saturated rings. The van der Waals surface area contributed by atoms with Gasteiger partial charge in [-0.25, -0.2) is 4.79 Å². The van der Waals surface area contributed by atoms with Crippen molar-refractivity contribution in [3.05, 3.63) is 77.6 Å². The number of thioether (sulfide) groups is 1. The predicted molar refractivity (Wildman–Crippen MR) is 112 cm³/mol. The molecule has 0 bridgehead atoms. The summed E-state index contributed by atoms with van der Waals surface area (Å²) in [4.78, 5) is 24.4. The normalized spacial score (nSPS) is 11.7. The molecular formula is C21H23N5O2S. The Morgan fingerprint density at radius 1 is 1.00 bits per heavy atom. The third-order valence-corrected chi connectivity index (χ3v) is 5.35. The molecule has 0 aliphatic rings. The second kappa shape index (κ2) is 9.88. The van der Waals surface area contributed by atoms with Crippen LogP contribution in [0.15, 0.2) is 65.8 Å². The van der Waals surface area contributed by atoms with Crippen LogP contribution in [0, 0.1) is 6.92 Å². The number of aromatic nitrogens is 3. The van der Waals surface area contributed by atoms with Gasteiger partial charge in [0.25, 0.3) is 0 Å². The molecule has 0 aliphatic carbocycles. The van der Waals surface area contributed by atoms with Gasteiger partial charge in [-0.1, -0.05) is 72.4 Å². The van der Waals surface area contributed by atoms with Crippen LogP contribution in [0.1, 0.15) is 23.9 Å². The van der Waals surface area contributed by atoms with Gasteiger partial charge in [-0.15, -0.1) is 10.2 Å². The van der Waals surface area contributed by atoms with Crippen LogP contribution in [0.3, 0.4) is 0 Å². The van der Waals surface area contributed by atoms with Gasteiger partial charge < -0.3 is 9.88 Å². The molecule has 29 heavy (non-hydrogen) atoms. The number of urea groups is 1. The minimum Gasteiger partial charge on any atom is -0.334 e. The zero-order valence-electron chi connectivity index (χ0n) is 16.3. The summed E-state index contributed by atoms with van der Waals surface area (Å²) in [6.07, 6.45) is 0. The van der Waals surface area contributed by atoms with E-state index in [0.717, 1.165) is 17.0 Å². The molecule has 150 valence electrons. The molecule has 0 radical (unpaired) electrons. The maximum absolute atomic E-state index is 12.4. The van der Waals surface area contributed by atoms with E-state index >= 15 is 0 Å². The molecule has 7 nitrogen and oxygen atoms in total. The van der Waals surface area contributed by atoms with E-state index in [1.165, 1.54) is 11.8 Å². The molecule has 1 aromatic heterocycles. The molecule has 0 spiro atoms. The predicted octanol–water partition coefficient (Wildman–Crippen LogP) is 3.14. The van der Waals surface area contributed by atoms with Crippen LogP contribution in [0.5, 0.6) is 0 Å². The molecule has 0 saturated heterocycles. The number of rotatable bonds is 7. The van der Waals surface area contributed by atoms with E-state index in [0.29, 0.717) is 18.2 Å². The van der Waals surface area contributed by atoms with Crippen molar-refractivity contribution in [3.8, 4) is 0 Å². The molecule has 3 rings (SSSR count). The lowest BCUT2D eigenvalue weighted by atomic mass is 10.2. The fraction of sp³-hybridized carbons (Fsp3) is 0.238. The van der Waals surface area contributed by atoms with E-state index in [1.807, 2.05) is 72.2 Å². The van der Waals surface area contributed by atoms with Crippen LogP contribution in [0.2, 0.25) is 0 Å². The van der Waals surface area contributed by atoms with E-state index < -0.39 is 11.3 Å². The largest absolute Gasteiger partial charge is 0.334 e. The number of hydrogen-bond donors (Lipinski definition) is 2. The first kappa shape index (κ1) is 20.6. The van der Waals surface area contributed by atoms with Gasteiger partial charge in [0.05, 0.1) is 11.8 Å². The van der Waals surface area contributed by atoms with E-state index in [1.54, 1.807) is 6.92 Å². The SMILES string of the molecule is Cc1nnc(SC(C)C(=O)NC(=O)NCc2ccccc2)n1Cc1ccccc1. The maximum Gasteiger partial charge on any atom is 0.321 e. The summed E-state index contributed by atoms with van der Waals surface area (Å²) in [5.74, 6) is 0.386. The monoisotopic (exact) mass is 409 g/mol. The molecule has 1 atom stereocenters. The van der Waals surface area contributed by atoms with Crippen molar-refractivity contribution in [3.63, 3.8) is 0 Å². The first-order valence-electron chi connectivity index (χ1n) is 9.26. The van der Waals surface area contributed by atoms with Gasteiger partial charge in [0, 0.05) is 6.54 Å². The first-order valence-corrected chi connectivity index (χ1v) is 10.1. The molecular weight excluding hydrogens is 386 g/mol. The Balaban J connectivity index is 1.55. The van der Waals surface area contributed by atoms with Crippen molar-refractivity contribution in [1.29, 1.82) is 0 Å². The summed E-state index contributed by atoms with van der Waals surface area (Å²) in [6.45, 7) is 4.59. The van der Waals surface area contributed by atoms with E-state index in [-0.39, 0.29) is 5.91 Å². The van der Waals surface area contributed by atoms with Crippen LogP contribution < -0.4 is 10.6 Å². The van der Waals surface area contributed by atoms with Crippen LogP contribution >= 0.6 is 11.8 Å². The summed E-state index contributed by atoms with van der Waals surface area (Å²) in [7, 11) is 0. The Morgan fingerprint density at radius 2 is 1.62 bits per heavy atom. The number of benzene rings is 2. The van der Waals surface area contributed by atoms with Crippen LogP contribution in [0.25, 0.3) is 0 Å². The minimum absolute atomic E-state index is 0.353. The van der Waals surface area contributed by atoms with Crippen molar-refractivity contribution in [2.75, 3.05) is 0 Å². The highest BCUT2D eigenvalue weighted by Crippen LogP contribution is 2.23. The number of carbonyl (C=O) groups excluding carboxylic acids is 2. The van der Waals surface area contributed by atoms with E-state index in [4.69, 9.17) is 0 Å². The number of imide groups is 1. The lowest BCUT2D eigenvalue weighted by molar-refractivity contribution is -0.119. The third-order valence-electron chi connectivity index (χ3n) is 4.27. The fourth-order valence-corrected chi connectivity index (χ4v) is 3.54. The van der Waals surface area contributed by atoms with Crippen molar-refractivity contribution in [1.82, 2.24) is 25.4 Å². The van der Waals surface area contributed by atoms with Crippen molar-refractivity contribution < 1.29 is 9.59 Å². The van der Waals surface area contributed by atoms with Gasteiger partial charge in [-0.05, 0) is 25.0 Å². The lowest BCUT2D eigenvalue weighted by Gasteiger charge is -2.13. The minimum atomic E-state index is -0.520. The Hall–Kier alpha value is -3.13. The van der Waals surface area contributed by atoms with Crippen LogP contribution in [-0.2, 0) is 17.9 Å². The number of nitrogens with one attached hydrogen (secondary N) is 2. The highest BCUT2D eigenvalue weighted by molar-refractivity contribution is 8.00. The molecule has 1 heterocycles. The zero-order valence-corrected chi connectivity index (χ0v) is 17.1. The zero-order chi connectivity index (χ0) is 20.6. The van der Waals surface area contributed by atoms with Gasteiger partial charge in [0.15, 0.2) is 5.16 Å². The van der Waals surface area contributed by atoms with Crippen molar-refractivity contribution >= 4 is 23.7 Å². The third kappa shape index (κ3) is 5.92.